The maximum Gasteiger partial charge on any atom is 0.252 e. The molecule has 3 aromatic carbocycles. The van der Waals surface area contributed by atoms with E-state index in [0.29, 0.717) is 22.7 Å². The monoisotopic (exact) mass is 507 g/mol. The fourth-order valence-electron chi connectivity index (χ4n) is 4.02. The lowest BCUT2D eigenvalue weighted by atomic mass is 10.2. The molecule has 3 amide bonds. The largest absolute Gasteiger partial charge is 0.497 e. The number of sulfonamides is 1. The quantitative estimate of drug-likeness (QED) is 0.469. The topological polar surface area (TPSA) is 113 Å². The van der Waals surface area contributed by atoms with Crippen LogP contribution in [0.3, 0.4) is 0 Å². The van der Waals surface area contributed by atoms with Crippen LogP contribution in [-0.4, -0.2) is 43.6 Å². The Morgan fingerprint density at radius 2 is 1.64 bits per heavy atom. The number of methoxy groups -OCH3 is 1. The van der Waals surface area contributed by atoms with Gasteiger partial charge in [0, 0.05) is 19.2 Å². The molecule has 0 spiro atoms. The zero-order valence-electron chi connectivity index (χ0n) is 19.7. The van der Waals surface area contributed by atoms with Crippen LogP contribution in [0.25, 0.3) is 0 Å². The van der Waals surface area contributed by atoms with Gasteiger partial charge < -0.3 is 10.1 Å². The Bertz CT molecular complexity index is 1370. The summed E-state index contributed by atoms with van der Waals surface area (Å²) in [5, 5.41) is 2.59. The van der Waals surface area contributed by atoms with Crippen molar-refractivity contribution in [2.75, 3.05) is 17.3 Å². The zero-order valence-corrected chi connectivity index (χ0v) is 20.6. The lowest BCUT2D eigenvalue weighted by molar-refractivity contribution is -0.122. The maximum atomic E-state index is 13.8. The van der Waals surface area contributed by atoms with Crippen LogP contribution in [0.5, 0.6) is 5.75 Å². The number of anilines is 2. The molecule has 0 radical (unpaired) electrons. The number of nitrogens with zero attached hydrogens (tertiary/aromatic N) is 2. The van der Waals surface area contributed by atoms with Gasteiger partial charge >= 0.3 is 0 Å². The molecule has 9 nitrogen and oxygen atoms in total. The van der Waals surface area contributed by atoms with Crippen molar-refractivity contribution in [1.29, 1.82) is 0 Å². The van der Waals surface area contributed by atoms with Crippen LogP contribution in [0.1, 0.15) is 18.9 Å². The van der Waals surface area contributed by atoms with Crippen molar-refractivity contribution in [2.45, 2.75) is 30.8 Å². The number of ether oxygens (including phenoxy) is 1. The Kier molecular flexibility index (Phi) is 7.18. The Labute approximate surface area is 209 Å². The lowest BCUT2D eigenvalue weighted by Gasteiger charge is -2.27. The SMILES string of the molecule is COc1ccc(N2C(=O)CC(N(Cc3ccccc3)S(=O)(=O)c3ccc(NC(C)=O)cc3)C2=O)cc1. The molecular weight excluding hydrogens is 482 g/mol. The molecule has 1 saturated heterocycles. The first-order chi connectivity index (χ1) is 17.2. The van der Waals surface area contributed by atoms with E-state index in [4.69, 9.17) is 4.74 Å². The second-order valence-corrected chi connectivity index (χ2v) is 10.1. The van der Waals surface area contributed by atoms with E-state index in [1.807, 2.05) is 0 Å². The molecule has 1 atom stereocenters. The van der Waals surface area contributed by atoms with E-state index in [1.54, 1.807) is 54.6 Å². The van der Waals surface area contributed by atoms with Crippen LogP contribution >= 0.6 is 0 Å². The number of rotatable bonds is 8. The van der Waals surface area contributed by atoms with Crippen LogP contribution in [-0.2, 0) is 31.0 Å². The number of nitrogens with one attached hydrogen (secondary N) is 1. The first-order valence-electron chi connectivity index (χ1n) is 11.1. The highest BCUT2D eigenvalue weighted by Crippen LogP contribution is 2.31. The molecule has 0 aromatic heterocycles. The van der Waals surface area contributed by atoms with E-state index in [9.17, 15) is 22.8 Å². The van der Waals surface area contributed by atoms with E-state index in [1.165, 1.54) is 38.3 Å². The molecule has 1 unspecified atom stereocenters. The Hall–Kier alpha value is -4.02. The normalized spacial score (nSPS) is 15.9. The number of amides is 3. The predicted octanol–water partition coefficient (Wildman–Crippen LogP) is 3.18. The van der Waals surface area contributed by atoms with Crippen molar-refractivity contribution in [3.63, 3.8) is 0 Å². The number of benzene rings is 3. The molecule has 3 aromatic rings. The molecule has 1 N–H and O–H groups in total. The molecule has 36 heavy (non-hydrogen) atoms. The van der Waals surface area contributed by atoms with Crippen molar-refractivity contribution in [3.05, 3.63) is 84.4 Å². The van der Waals surface area contributed by atoms with Gasteiger partial charge in [-0.05, 0) is 54.1 Å². The lowest BCUT2D eigenvalue weighted by Crippen LogP contribution is -2.45. The third kappa shape index (κ3) is 5.14. The van der Waals surface area contributed by atoms with Crippen molar-refractivity contribution in [3.8, 4) is 5.75 Å². The highest BCUT2D eigenvalue weighted by Gasteiger charge is 2.47. The molecule has 0 aliphatic carbocycles. The summed E-state index contributed by atoms with van der Waals surface area (Å²) >= 11 is 0. The van der Waals surface area contributed by atoms with Crippen LogP contribution in [0.4, 0.5) is 11.4 Å². The zero-order chi connectivity index (χ0) is 25.9. The summed E-state index contributed by atoms with van der Waals surface area (Å²) < 4.78 is 33.8. The van der Waals surface area contributed by atoms with E-state index in [2.05, 4.69) is 5.32 Å². The van der Waals surface area contributed by atoms with E-state index in [0.717, 1.165) is 9.21 Å². The minimum atomic E-state index is -4.20. The third-order valence-electron chi connectivity index (χ3n) is 5.76. The summed E-state index contributed by atoms with van der Waals surface area (Å²) in [4.78, 5) is 38.7. The van der Waals surface area contributed by atoms with Crippen molar-refractivity contribution in [1.82, 2.24) is 4.31 Å². The fraction of sp³-hybridized carbons (Fsp3) is 0.192. The van der Waals surface area contributed by atoms with Crippen molar-refractivity contribution in [2.24, 2.45) is 0 Å². The van der Waals surface area contributed by atoms with Gasteiger partial charge in [0.1, 0.15) is 11.8 Å². The van der Waals surface area contributed by atoms with E-state index < -0.39 is 27.9 Å². The number of hydrogen-bond donors (Lipinski definition) is 1. The molecule has 0 bridgehead atoms. The molecule has 0 saturated carbocycles. The average Bonchev–Trinajstić information content (AvgIpc) is 3.16. The smallest absolute Gasteiger partial charge is 0.252 e. The summed E-state index contributed by atoms with van der Waals surface area (Å²) in [5.74, 6) is -0.848. The number of carbonyl (C=O) groups excluding carboxylic acids is 3. The highest BCUT2D eigenvalue weighted by atomic mass is 32.2. The van der Waals surface area contributed by atoms with E-state index in [-0.39, 0.29) is 23.8 Å². The summed E-state index contributed by atoms with van der Waals surface area (Å²) in [7, 11) is -2.69. The van der Waals surface area contributed by atoms with Crippen molar-refractivity contribution >= 4 is 39.1 Å². The number of carbonyl (C=O) groups is 3. The molecule has 1 heterocycles. The Morgan fingerprint density at radius 3 is 2.22 bits per heavy atom. The molecule has 186 valence electrons. The van der Waals surface area contributed by atoms with Crippen LogP contribution in [0.15, 0.2) is 83.8 Å². The van der Waals surface area contributed by atoms with Gasteiger partial charge in [-0.3, -0.25) is 14.4 Å². The molecule has 10 heteroatoms. The van der Waals surface area contributed by atoms with Crippen LogP contribution in [0.2, 0.25) is 0 Å². The van der Waals surface area contributed by atoms with Gasteiger partial charge in [-0.2, -0.15) is 4.31 Å². The molecule has 4 rings (SSSR count). The highest BCUT2D eigenvalue weighted by molar-refractivity contribution is 7.89. The van der Waals surface area contributed by atoms with Gasteiger partial charge in [0.05, 0.1) is 24.1 Å². The van der Waals surface area contributed by atoms with Crippen LogP contribution < -0.4 is 15.0 Å². The fourth-order valence-corrected chi connectivity index (χ4v) is 5.59. The van der Waals surface area contributed by atoms with Gasteiger partial charge in [0.25, 0.3) is 5.91 Å². The second-order valence-electron chi connectivity index (χ2n) is 8.23. The molecular formula is C26H25N3O6S. The molecule has 1 aliphatic rings. The van der Waals surface area contributed by atoms with E-state index >= 15 is 0 Å². The van der Waals surface area contributed by atoms with Gasteiger partial charge in [0.15, 0.2) is 0 Å². The Balaban J connectivity index is 1.70. The summed E-state index contributed by atoms with van der Waals surface area (Å²) in [5.41, 5.74) is 1.44. The van der Waals surface area contributed by atoms with Crippen molar-refractivity contribution < 1.29 is 27.5 Å². The maximum absolute atomic E-state index is 13.8. The molecule has 1 aliphatic heterocycles. The first kappa shape index (κ1) is 25.1. The Morgan fingerprint density at radius 1 is 1.00 bits per heavy atom. The van der Waals surface area contributed by atoms with Gasteiger partial charge in [-0.1, -0.05) is 30.3 Å². The first-order valence-corrected chi connectivity index (χ1v) is 12.6. The molecule has 1 fully saturated rings. The second kappa shape index (κ2) is 10.3. The van der Waals surface area contributed by atoms with Gasteiger partial charge in [0.2, 0.25) is 21.8 Å². The summed E-state index contributed by atoms with van der Waals surface area (Å²) in [6.07, 6.45) is -0.291. The predicted molar refractivity (Wildman–Crippen MR) is 134 cm³/mol. The average molecular weight is 508 g/mol. The summed E-state index contributed by atoms with van der Waals surface area (Å²) in [6, 6.07) is 19.7. The van der Waals surface area contributed by atoms with Crippen LogP contribution in [0, 0.1) is 0 Å². The standard InChI is InChI=1S/C26H25N3O6S/c1-18(30)27-20-8-14-23(15-9-20)36(33,34)28(17-19-6-4-3-5-7-19)24-16-25(31)29(26(24)32)21-10-12-22(35-2)13-11-21/h3-15,24H,16-17H2,1-2H3,(H,27,30). The minimum Gasteiger partial charge on any atom is -0.497 e. The third-order valence-corrected chi connectivity index (χ3v) is 7.63. The van der Waals surface area contributed by atoms with Gasteiger partial charge in [-0.15, -0.1) is 0 Å². The number of hydrogen-bond acceptors (Lipinski definition) is 6. The number of imide groups is 1. The van der Waals surface area contributed by atoms with Gasteiger partial charge in [-0.25, -0.2) is 13.3 Å². The minimum absolute atomic E-state index is 0.0596. The summed E-state index contributed by atoms with van der Waals surface area (Å²) in [6.45, 7) is 1.25.